The number of carbonyl (C=O) groups excluding carboxylic acids is 2. The van der Waals surface area contributed by atoms with Crippen LogP contribution in [0.1, 0.15) is 32.2 Å². The van der Waals surface area contributed by atoms with Gasteiger partial charge < -0.3 is 14.8 Å². The molecule has 0 aliphatic rings. The summed E-state index contributed by atoms with van der Waals surface area (Å²) in [6.45, 7) is 0.271. The fraction of sp³-hybridized carbons (Fsp3) is 0.100. The van der Waals surface area contributed by atoms with Crippen molar-refractivity contribution in [3.05, 3.63) is 82.0 Å². The standard InChI is InChI=1S/C20H13ClF2N4O3/c21-11-5-13-10(8-25-19(13)26-9-11)3-4-24-20(29)16-7-17(30-27-16)18(28)14-6-12(22)1-2-15(14)23/h1-2,5-9H,3-4H2,(H,24,29)(H,25,26). The van der Waals surface area contributed by atoms with Crippen LogP contribution >= 0.6 is 11.6 Å². The lowest BCUT2D eigenvalue weighted by molar-refractivity contribution is 0.0940. The molecule has 3 heterocycles. The Morgan fingerprint density at radius 1 is 1.20 bits per heavy atom. The van der Waals surface area contributed by atoms with E-state index in [1.54, 1.807) is 12.3 Å². The van der Waals surface area contributed by atoms with Gasteiger partial charge in [0.25, 0.3) is 5.91 Å². The molecular weight excluding hydrogens is 418 g/mol. The summed E-state index contributed by atoms with van der Waals surface area (Å²) >= 11 is 5.97. The largest absolute Gasteiger partial charge is 0.352 e. The molecule has 0 fully saturated rings. The molecule has 0 aliphatic carbocycles. The topological polar surface area (TPSA) is 101 Å². The summed E-state index contributed by atoms with van der Waals surface area (Å²) < 4.78 is 31.9. The lowest BCUT2D eigenvalue weighted by Crippen LogP contribution is -2.25. The molecule has 2 N–H and O–H groups in total. The van der Waals surface area contributed by atoms with Crippen molar-refractivity contribution in [2.45, 2.75) is 6.42 Å². The van der Waals surface area contributed by atoms with E-state index < -0.39 is 28.9 Å². The Kier molecular flexibility index (Phi) is 5.28. The van der Waals surface area contributed by atoms with Gasteiger partial charge in [-0.25, -0.2) is 13.8 Å². The van der Waals surface area contributed by atoms with Crippen molar-refractivity contribution in [2.75, 3.05) is 6.54 Å². The van der Waals surface area contributed by atoms with Crippen LogP contribution < -0.4 is 5.32 Å². The molecule has 152 valence electrons. The van der Waals surface area contributed by atoms with E-state index in [1.807, 2.05) is 0 Å². The van der Waals surface area contributed by atoms with Crippen LogP contribution in [0.3, 0.4) is 0 Å². The molecule has 30 heavy (non-hydrogen) atoms. The number of carbonyl (C=O) groups is 2. The SMILES string of the molecule is O=C(NCCc1c[nH]c2ncc(Cl)cc12)c1cc(C(=O)c2cc(F)ccc2F)on1. The number of H-pyrrole nitrogens is 1. The number of amides is 1. The second-order valence-corrected chi connectivity index (χ2v) is 6.84. The zero-order valence-electron chi connectivity index (χ0n) is 15.2. The van der Waals surface area contributed by atoms with E-state index in [0.29, 0.717) is 17.1 Å². The first-order valence-corrected chi connectivity index (χ1v) is 9.16. The van der Waals surface area contributed by atoms with Gasteiger partial charge in [0.1, 0.15) is 17.3 Å². The van der Waals surface area contributed by atoms with Crippen molar-refractivity contribution >= 4 is 34.3 Å². The van der Waals surface area contributed by atoms with Gasteiger partial charge in [0, 0.05) is 30.4 Å². The van der Waals surface area contributed by atoms with E-state index >= 15 is 0 Å². The van der Waals surface area contributed by atoms with Crippen molar-refractivity contribution in [3.8, 4) is 0 Å². The fourth-order valence-electron chi connectivity index (χ4n) is 2.93. The maximum atomic E-state index is 13.8. The van der Waals surface area contributed by atoms with Crippen LogP contribution in [0.15, 0.2) is 47.2 Å². The van der Waals surface area contributed by atoms with E-state index in [4.69, 9.17) is 16.1 Å². The van der Waals surface area contributed by atoms with E-state index in [-0.39, 0.29) is 18.0 Å². The number of benzene rings is 1. The maximum absolute atomic E-state index is 13.8. The van der Waals surface area contributed by atoms with Gasteiger partial charge in [0.05, 0.1) is 10.6 Å². The third kappa shape index (κ3) is 3.92. The monoisotopic (exact) mass is 430 g/mol. The molecule has 0 aliphatic heterocycles. The number of hydrogen-bond acceptors (Lipinski definition) is 5. The smallest absolute Gasteiger partial charge is 0.273 e. The number of halogens is 3. The van der Waals surface area contributed by atoms with Crippen molar-refractivity contribution in [3.63, 3.8) is 0 Å². The number of hydrogen-bond donors (Lipinski definition) is 2. The molecule has 0 spiro atoms. The Bertz CT molecular complexity index is 1270. The van der Waals surface area contributed by atoms with Crippen molar-refractivity contribution in [1.82, 2.24) is 20.4 Å². The minimum Gasteiger partial charge on any atom is -0.352 e. The van der Waals surface area contributed by atoms with Crippen molar-refractivity contribution in [2.24, 2.45) is 0 Å². The van der Waals surface area contributed by atoms with Crippen LogP contribution in [0.4, 0.5) is 8.78 Å². The van der Waals surface area contributed by atoms with E-state index in [2.05, 4.69) is 20.4 Å². The quantitative estimate of drug-likeness (QED) is 0.454. The Balaban J connectivity index is 1.41. The highest BCUT2D eigenvalue weighted by molar-refractivity contribution is 6.31. The molecule has 0 unspecified atom stereocenters. The molecule has 4 rings (SSSR count). The summed E-state index contributed by atoms with van der Waals surface area (Å²) in [6, 6.07) is 5.33. The highest BCUT2D eigenvalue weighted by atomic mass is 35.5. The lowest BCUT2D eigenvalue weighted by atomic mass is 10.1. The van der Waals surface area contributed by atoms with E-state index in [9.17, 15) is 18.4 Å². The summed E-state index contributed by atoms with van der Waals surface area (Å²) in [5.41, 5.74) is 0.936. The van der Waals surface area contributed by atoms with E-state index in [1.165, 1.54) is 6.20 Å². The first kappa shape index (κ1) is 19.7. The lowest BCUT2D eigenvalue weighted by Gasteiger charge is -2.02. The van der Waals surface area contributed by atoms with Crippen molar-refractivity contribution in [1.29, 1.82) is 0 Å². The third-order valence-electron chi connectivity index (χ3n) is 4.40. The third-order valence-corrected chi connectivity index (χ3v) is 4.61. The number of nitrogens with one attached hydrogen (secondary N) is 2. The molecule has 0 atom stereocenters. The number of fused-ring (bicyclic) bond motifs is 1. The predicted octanol–water partition coefficient (Wildman–Crippen LogP) is 3.69. The average Bonchev–Trinajstić information content (AvgIpc) is 3.37. The van der Waals surface area contributed by atoms with Gasteiger partial charge in [-0.15, -0.1) is 0 Å². The summed E-state index contributed by atoms with van der Waals surface area (Å²) in [4.78, 5) is 31.7. The Labute approximate surface area is 173 Å². The van der Waals surface area contributed by atoms with Crippen molar-refractivity contribution < 1.29 is 22.9 Å². The normalized spacial score (nSPS) is 11.0. The number of aromatic amines is 1. The second-order valence-electron chi connectivity index (χ2n) is 6.40. The number of aromatic nitrogens is 3. The molecule has 3 aromatic heterocycles. The predicted molar refractivity (Wildman–Crippen MR) is 103 cm³/mol. The highest BCUT2D eigenvalue weighted by Crippen LogP contribution is 2.20. The highest BCUT2D eigenvalue weighted by Gasteiger charge is 2.22. The summed E-state index contributed by atoms with van der Waals surface area (Å²) in [5.74, 6) is -3.54. The van der Waals surface area contributed by atoms with Crippen LogP contribution in [0.2, 0.25) is 5.02 Å². The minimum absolute atomic E-state index is 0.154. The molecule has 0 bridgehead atoms. The minimum atomic E-state index is -0.915. The zero-order chi connectivity index (χ0) is 21.3. The van der Waals surface area contributed by atoms with Crippen LogP contribution in [-0.2, 0) is 6.42 Å². The Morgan fingerprint density at radius 2 is 2.03 bits per heavy atom. The summed E-state index contributed by atoms with van der Waals surface area (Å²) in [5, 5.41) is 7.54. The fourth-order valence-corrected chi connectivity index (χ4v) is 3.09. The van der Waals surface area contributed by atoms with Gasteiger partial charge >= 0.3 is 0 Å². The van der Waals surface area contributed by atoms with Crippen LogP contribution in [0.25, 0.3) is 11.0 Å². The number of nitrogens with zero attached hydrogens (tertiary/aromatic N) is 2. The van der Waals surface area contributed by atoms with Gasteiger partial charge in [0.15, 0.2) is 5.69 Å². The first-order valence-electron chi connectivity index (χ1n) is 8.78. The molecule has 0 saturated heterocycles. The summed E-state index contributed by atoms with van der Waals surface area (Å²) in [7, 11) is 0. The molecule has 4 aromatic rings. The maximum Gasteiger partial charge on any atom is 0.273 e. The molecule has 0 radical (unpaired) electrons. The molecule has 10 heteroatoms. The number of pyridine rings is 1. The zero-order valence-corrected chi connectivity index (χ0v) is 16.0. The first-order chi connectivity index (χ1) is 14.4. The van der Waals surface area contributed by atoms with Crippen LogP contribution in [0, 0.1) is 11.6 Å². The number of rotatable bonds is 6. The number of ketones is 1. The second kappa shape index (κ2) is 8.03. The van der Waals surface area contributed by atoms with Crippen LogP contribution in [-0.4, -0.2) is 33.4 Å². The van der Waals surface area contributed by atoms with Gasteiger partial charge in [-0.2, -0.15) is 0 Å². The molecule has 0 saturated carbocycles. The average molecular weight is 431 g/mol. The van der Waals surface area contributed by atoms with Crippen LogP contribution in [0.5, 0.6) is 0 Å². The summed E-state index contributed by atoms with van der Waals surface area (Å²) in [6.07, 6.45) is 3.80. The van der Waals surface area contributed by atoms with Gasteiger partial charge in [-0.05, 0) is 36.2 Å². The molecule has 1 aromatic carbocycles. The molecule has 7 nitrogen and oxygen atoms in total. The molecule has 1 amide bonds. The molecular formula is C20H13ClF2N4O3. The van der Waals surface area contributed by atoms with Gasteiger partial charge in [0.2, 0.25) is 11.5 Å². The van der Waals surface area contributed by atoms with E-state index in [0.717, 1.165) is 35.2 Å². The Hall–Kier alpha value is -3.59. The Morgan fingerprint density at radius 3 is 2.87 bits per heavy atom. The van der Waals surface area contributed by atoms with Gasteiger partial charge in [-0.3, -0.25) is 9.59 Å². The van der Waals surface area contributed by atoms with Gasteiger partial charge in [-0.1, -0.05) is 16.8 Å².